The van der Waals surface area contributed by atoms with Crippen molar-refractivity contribution in [2.45, 2.75) is 31.0 Å². The lowest BCUT2D eigenvalue weighted by molar-refractivity contribution is -0.249. The van der Waals surface area contributed by atoms with Crippen LogP contribution in [0.1, 0.15) is 30.0 Å². The highest BCUT2D eigenvalue weighted by molar-refractivity contribution is 5.95. The van der Waals surface area contributed by atoms with Crippen molar-refractivity contribution in [2.75, 3.05) is 18.1 Å². The molecular weight excluding hydrogens is 458 g/mol. The topological polar surface area (TPSA) is 27.6 Å². The summed E-state index contributed by atoms with van der Waals surface area (Å²) in [6.07, 6.45) is -4.51. The summed E-state index contributed by atoms with van der Waals surface area (Å²) in [5.74, 6) is -8.42. The largest absolute Gasteiger partial charge is 0.459 e. The number of hydrazone groups is 1. The van der Waals surface area contributed by atoms with E-state index in [9.17, 15) is 35.1 Å². The standard InChI is InChI=1S/C22H17F8N3/c23-14-2-4-18(17(25)10-14)33-19(11-20(32-33)21(26,27)22(28,29)30)15-9-13(1-3-16(15)24)12-5-7-31-8-6-12/h1-5,9-10,19,31H,6-8,11H2. The number of nitrogens with zero attached hydrogens (tertiary/aromatic N) is 2. The first kappa shape index (κ1) is 23.2. The Morgan fingerprint density at radius 1 is 0.939 bits per heavy atom. The van der Waals surface area contributed by atoms with Crippen LogP contribution < -0.4 is 10.3 Å². The third-order valence-corrected chi connectivity index (χ3v) is 5.58. The van der Waals surface area contributed by atoms with Crippen LogP contribution >= 0.6 is 0 Å². The summed E-state index contributed by atoms with van der Waals surface area (Å²) in [6.45, 7) is 1.21. The van der Waals surface area contributed by atoms with Gasteiger partial charge in [0.2, 0.25) is 0 Å². The molecule has 0 fully saturated rings. The quantitative estimate of drug-likeness (QED) is 0.551. The molecule has 0 radical (unpaired) electrons. The van der Waals surface area contributed by atoms with Crippen molar-refractivity contribution < 1.29 is 35.1 Å². The maximum absolute atomic E-state index is 14.8. The van der Waals surface area contributed by atoms with Gasteiger partial charge in [-0.15, -0.1) is 0 Å². The van der Waals surface area contributed by atoms with Gasteiger partial charge < -0.3 is 5.32 Å². The molecule has 2 aliphatic heterocycles. The Kier molecular flexibility index (Phi) is 5.94. The maximum atomic E-state index is 14.8. The Morgan fingerprint density at radius 2 is 1.70 bits per heavy atom. The maximum Gasteiger partial charge on any atom is 0.459 e. The number of alkyl halides is 5. The summed E-state index contributed by atoms with van der Waals surface area (Å²) >= 11 is 0. The lowest BCUT2D eigenvalue weighted by atomic mass is 9.93. The van der Waals surface area contributed by atoms with Crippen molar-refractivity contribution in [3.05, 3.63) is 71.1 Å². The molecule has 0 spiro atoms. The van der Waals surface area contributed by atoms with Gasteiger partial charge in [0, 0.05) is 24.6 Å². The smallest absolute Gasteiger partial charge is 0.313 e. The zero-order valence-electron chi connectivity index (χ0n) is 16.9. The van der Waals surface area contributed by atoms with Crippen molar-refractivity contribution >= 4 is 17.0 Å². The van der Waals surface area contributed by atoms with E-state index in [1.54, 1.807) is 0 Å². The summed E-state index contributed by atoms with van der Waals surface area (Å²) in [7, 11) is 0. The molecule has 33 heavy (non-hydrogen) atoms. The van der Waals surface area contributed by atoms with Crippen LogP contribution in [0.5, 0.6) is 0 Å². The van der Waals surface area contributed by atoms with E-state index in [0.717, 1.165) is 23.8 Å². The molecule has 0 saturated carbocycles. The Morgan fingerprint density at radius 3 is 2.33 bits per heavy atom. The predicted octanol–water partition coefficient (Wildman–Crippen LogP) is 5.99. The molecule has 3 nitrogen and oxygen atoms in total. The van der Waals surface area contributed by atoms with Crippen LogP contribution in [-0.4, -0.2) is 30.9 Å². The molecule has 2 aromatic carbocycles. The van der Waals surface area contributed by atoms with Gasteiger partial charge in [0.25, 0.3) is 0 Å². The van der Waals surface area contributed by atoms with Gasteiger partial charge in [0.15, 0.2) is 5.82 Å². The van der Waals surface area contributed by atoms with E-state index in [1.807, 2.05) is 6.08 Å². The summed E-state index contributed by atoms with van der Waals surface area (Å²) < 4.78 is 110. The van der Waals surface area contributed by atoms with Crippen molar-refractivity contribution in [1.82, 2.24) is 5.32 Å². The predicted molar refractivity (Wildman–Crippen MR) is 106 cm³/mol. The number of anilines is 1. The van der Waals surface area contributed by atoms with Crippen LogP contribution in [0.4, 0.5) is 40.8 Å². The summed E-state index contributed by atoms with van der Waals surface area (Å²) in [5.41, 5.74) is -0.972. The van der Waals surface area contributed by atoms with Crippen molar-refractivity contribution in [1.29, 1.82) is 0 Å². The lowest BCUT2D eigenvalue weighted by Crippen LogP contribution is -2.43. The zero-order valence-corrected chi connectivity index (χ0v) is 16.9. The monoisotopic (exact) mass is 475 g/mol. The minimum Gasteiger partial charge on any atom is -0.313 e. The van der Waals surface area contributed by atoms with Crippen molar-refractivity contribution in [2.24, 2.45) is 5.10 Å². The van der Waals surface area contributed by atoms with E-state index in [2.05, 4.69) is 10.4 Å². The SMILES string of the molecule is Fc1ccc(N2N=C(C(F)(F)C(F)(F)F)CC2c2cc(C3=CCNCC3)ccc2F)c(F)c1. The molecule has 0 amide bonds. The highest BCUT2D eigenvalue weighted by atomic mass is 19.4. The number of hydrogen-bond donors (Lipinski definition) is 1. The molecule has 4 rings (SSSR count). The first-order valence-electron chi connectivity index (χ1n) is 9.95. The Labute approximate surface area is 183 Å². The first-order valence-corrected chi connectivity index (χ1v) is 9.95. The number of halogens is 8. The van der Waals surface area contributed by atoms with Gasteiger partial charge in [-0.1, -0.05) is 12.1 Å². The molecule has 11 heteroatoms. The summed E-state index contributed by atoms with van der Waals surface area (Å²) in [6, 6.07) is 4.48. The van der Waals surface area contributed by atoms with Crippen LogP contribution in [0.2, 0.25) is 0 Å². The number of nitrogens with one attached hydrogen (secondary N) is 1. The third-order valence-electron chi connectivity index (χ3n) is 5.58. The Hall–Kier alpha value is -2.95. The van der Waals surface area contributed by atoms with E-state index in [0.29, 0.717) is 36.1 Å². The molecule has 1 unspecified atom stereocenters. The first-order chi connectivity index (χ1) is 15.5. The van der Waals surface area contributed by atoms with E-state index in [-0.39, 0.29) is 5.56 Å². The second-order valence-corrected chi connectivity index (χ2v) is 7.70. The fourth-order valence-corrected chi connectivity index (χ4v) is 3.88. The summed E-state index contributed by atoms with van der Waals surface area (Å²) in [4.78, 5) is 0. The number of benzene rings is 2. The Balaban J connectivity index is 1.82. The van der Waals surface area contributed by atoms with Crippen LogP contribution in [0.15, 0.2) is 47.6 Å². The molecule has 0 aromatic heterocycles. The van der Waals surface area contributed by atoms with E-state index >= 15 is 0 Å². The van der Waals surface area contributed by atoms with Crippen LogP contribution in [0, 0.1) is 17.5 Å². The fourth-order valence-electron chi connectivity index (χ4n) is 3.88. The number of hydrogen-bond acceptors (Lipinski definition) is 3. The fraction of sp³-hybridized carbons (Fsp3) is 0.318. The van der Waals surface area contributed by atoms with Crippen molar-refractivity contribution in [3.8, 4) is 0 Å². The molecule has 0 aliphatic carbocycles. The molecule has 2 aliphatic rings. The summed E-state index contributed by atoms with van der Waals surface area (Å²) in [5, 5.41) is 7.01. The second kappa shape index (κ2) is 8.44. The van der Waals surface area contributed by atoms with Crippen molar-refractivity contribution in [3.63, 3.8) is 0 Å². The third kappa shape index (κ3) is 4.33. The minimum atomic E-state index is -5.95. The minimum absolute atomic E-state index is 0.229. The zero-order chi connectivity index (χ0) is 24.0. The molecule has 1 atom stereocenters. The molecular formula is C22H17F8N3. The van der Waals surface area contributed by atoms with Gasteiger partial charge in [-0.25, -0.2) is 13.2 Å². The second-order valence-electron chi connectivity index (χ2n) is 7.70. The van der Waals surface area contributed by atoms with E-state index in [1.165, 1.54) is 12.1 Å². The molecule has 2 heterocycles. The Bertz CT molecular complexity index is 1120. The molecule has 0 bridgehead atoms. The average Bonchev–Trinajstić information content (AvgIpc) is 3.19. The van der Waals surface area contributed by atoms with Crippen LogP contribution in [0.25, 0.3) is 5.57 Å². The lowest BCUT2D eigenvalue weighted by Gasteiger charge is -2.25. The van der Waals surface area contributed by atoms with Gasteiger partial charge in [0.1, 0.15) is 17.3 Å². The van der Waals surface area contributed by atoms with Gasteiger partial charge in [-0.2, -0.15) is 27.1 Å². The molecule has 2 aromatic rings. The highest BCUT2D eigenvalue weighted by Crippen LogP contribution is 2.45. The van der Waals surface area contributed by atoms with E-state index < -0.39 is 53.4 Å². The molecule has 1 N–H and O–H groups in total. The normalized spacial score (nSPS) is 19.5. The van der Waals surface area contributed by atoms with Gasteiger partial charge in [0.05, 0.1) is 11.7 Å². The molecule has 176 valence electrons. The van der Waals surface area contributed by atoms with Gasteiger partial charge >= 0.3 is 12.1 Å². The highest BCUT2D eigenvalue weighted by Gasteiger charge is 2.63. The van der Waals surface area contributed by atoms with Gasteiger partial charge in [-0.3, -0.25) is 5.01 Å². The molecule has 0 saturated heterocycles. The van der Waals surface area contributed by atoms with Gasteiger partial charge in [-0.05, 0) is 48.4 Å². The van der Waals surface area contributed by atoms with E-state index in [4.69, 9.17) is 0 Å². The van der Waals surface area contributed by atoms with Crippen LogP contribution in [0.3, 0.4) is 0 Å². The number of rotatable bonds is 4. The average molecular weight is 475 g/mol. The van der Waals surface area contributed by atoms with Crippen LogP contribution in [-0.2, 0) is 0 Å².